The molecule has 1 atom stereocenters. The number of aryl methyl sites for hydroxylation is 1. The van der Waals surface area contributed by atoms with Gasteiger partial charge in [0, 0.05) is 18.8 Å². The molecule has 0 spiro atoms. The maximum atomic E-state index is 12.7. The molecule has 0 amide bonds. The lowest BCUT2D eigenvalue weighted by molar-refractivity contribution is -0.146. The summed E-state index contributed by atoms with van der Waals surface area (Å²) in [6, 6.07) is 4.72. The van der Waals surface area contributed by atoms with Crippen molar-refractivity contribution in [3.8, 4) is 0 Å². The van der Waals surface area contributed by atoms with Crippen molar-refractivity contribution >= 4 is 21.7 Å². The first-order valence-corrected chi connectivity index (χ1v) is 8.24. The quantitative estimate of drug-likeness (QED) is 0.668. The molecule has 7 heteroatoms. The van der Waals surface area contributed by atoms with Gasteiger partial charge in [0.1, 0.15) is 0 Å². The number of ether oxygens (including phenoxy) is 1. The van der Waals surface area contributed by atoms with Gasteiger partial charge in [0.05, 0.1) is 17.9 Å². The molecular weight excluding hydrogens is 292 g/mol. The number of sulfonamides is 1. The lowest BCUT2D eigenvalue weighted by Crippen LogP contribution is -2.42. The Kier molecular flexibility index (Phi) is 4.53. The lowest BCUT2D eigenvalue weighted by Gasteiger charge is -2.30. The number of piperidine rings is 1. The maximum absolute atomic E-state index is 12.7. The first-order valence-electron chi connectivity index (χ1n) is 6.80. The van der Waals surface area contributed by atoms with Crippen molar-refractivity contribution in [2.75, 3.05) is 25.9 Å². The topological polar surface area (TPSA) is 89.7 Å². The van der Waals surface area contributed by atoms with Crippen molar-refractivity contribution in [2.24, 2.45) is 5.92 Å². The largest absolute Gasteiger partial charge is 0.469 e. The van der Waals surface area contributed by atoms with Gasteiger partial charge in [-0.3, -0.25) is 4.79 Å². The van der Waals surface area contributed by atoms with E-state index in [1.807, 2.05) is 0 Å². The molecule has 2 N–H and O–H groups in total. The van der Waals surface area contributed by atoms with Crippen LogP contribution in [0.5, 0.6) is 0 Å². The molecule has 1 aliphatic heterocycles. The summed E-state index contributed by atoms with van der Waals surface area (Å²) in [5.74, 6) is -0.753. The van der Waals surface area contributed by atoms with Gasteiger partial charge in [0.2, 0.25) is 10.0 Å². The van der Waals surface area contributed by atoms with E-state index < -0.39 is 15.9 Å². The van der Waals surface area contributed by atoms with E-state index in [0.29, 0.717) is 30.6 Å². The molecule has 1 unspecified atom stereocenters. The molecule has 116 valence electrons. The predicted molar refractivity (Wildman–Crippen MR) is 79.1 cm³/mol. The number of methoxy groups -OCH3 is 1. The van der Waals surface area contributed by atoms with E-state index in [0.717, 1.165) is 0 Å². The molecule has 2 rings (SSSR count). The van der Waals surface area contributed by atoms with E-state index in [-0.39, 0.29) is 17.4 Å². The molecule has 0 aliphatic carbocycles. The van der Waals surface area contributed by atoms with Gasteiger partial charge in [-0.1, -0.05) is 0 Å². The van der Waals surface area contributed by atoms with Crippen LogP contribution in [0.4, 0.5) is 5.69 Å². The fourth-order valence-corrected chi connectivity index (χ4v) is 4.35. The zero-order valence-corrected chi connectivity index (χ0v) is 13.0. The predicted octanol–water partition coefficient (Wildman–Crippen LogP) is 1.15. The molecule has 1 fully saturated rings. The zero-order valence-electron chi connectivity index (χ0n) is 12.2. The van der Waals surface area contributed by atoms with Crippen molar-refractivity contribution in [1.29, 1.82) is 0 Å². The average Bonchev–Trinajstić information content (AvgIpc) is 2.46. The monoisotopic (exact) mass is 312 g/mol. The highest BCUT2D eigenvalue weighted by Crippen LogP contribution is 2.27. The Hall–Kier alpha value is -1.60. The van der Waals surface area contributed by atoms with Crippen molar-refractivity contribution in [1.82, 2.24) is 4.31 Å². The third-order valence-corrected chi connectivity index (χ3v) is 5.76. The number of carbonyl (C=O) groups is 1. The van der Waals surface area contributed by atoms with Crippen molar-refractivity contribution in [2.45, 2.75) is 24.7 Å². The van der Waals surface area contributed by atoms with Crippen molar-refractivity contribution < 1.29 is 17.9 Å². The number of esters is 1. The van der Waals surface area contributed by atoms with Gasteiger partial charge in [0.15, 0.2) is 0 Å². The van der Waals surface area contributed by atoms with Gasteiger partial charge in [0.25, 0.3) is 0 Å². The number of nitrogens with two attached hydrogens (primary N) is 1. The fourth-order valence-electron chi connectivity index (χ4n) is 2.62. The summed E-state index contributed by atoms with van der Waals surface area (Å²) < 4.78 is 31.5. The summed E-state index contributed by atoms with van der Waals surface area (Å²) in [4.78, 5) is 11.9. The summed E-state index contributed by atoms with van der Waals surface area (Å²) in [6.45, 7) is 2.30. The number of carbonyl (C=O) groups excluding carboxylic acids is 1. The molecular formula is C14H20N2O4S. The van der Waals surface area contributed by atoms with Crippen LogP contribution in [0.25, 0.3) is 0 Å². The van der Waals surface area contributed by atoms with Crippen LogP contribution in [0.3, 0.4) is 0 Å². The minimum Gasteiger partial charge on any atom is -0.469 e. The number of hydrogen-bond acceptors (Lipinski definition) is 5. The summed E-state index contributed by atoms with van der Waals surface area (Å²) in [6.07, 6.45) is 1.30. The Morgan fingerprint density at radius 3 is 2.76 bits per heavy atom. The molecule has 0 radical (unpaired) electrons. The highest BCUT2D eigenvalue weighted by molar-refractivity contribution is 7.89. The van der Waals surface area contributed by atoms with Gasteiger partial charge in [-0.2, -0.15) is 4.31 Å². The highest BCUT2D eigenvalue weighted by Gasteiger charge is 2.34. The van der Waals surface area contributed by atoms with E-state index in [1.54, 1.807) is 19.1 Å². The van der Waals surface area contributed by atoms with Gasteiger partial charge >= 0.3 is 5.97 Å². The van der Waals surface area contributed by atoms with Crippen LogP contribution in [0.2, 0.25) is 0 Å². The molecule has 1 heterocycles. The van der Waals surface area contributed by atoms with Crippen molar-refractivity contribution in [3.63, 3.8) is 0 Å². The van der Waals surface area contributed by atoms with Crippen LogP contribution < -0.4 is 5.73 Å². The number of hydrogen-bond donors (Lipinski definition) is 1. The molecule has 1 saturated heterocycles. The van der Waals surface area contributed by atoms with Gasteiger partial charge in [-0.05, 0) is 43.5 Å². The normalized spacial score (nSPS) is 20.2. The van der Waals surface area contributed by atoms with Crippen LogP contribution in [0.15, 0.2) is 23.1 Å². The SMILES string of the molecule is COC(=O)C1CCCN(S(=O)(=O)c2ccc(N)cc2C)C1. The lowest BCUT2D eigenvalue weighted by atomic mass is 10.0. The third kappa shape index (κ3) is 3.19. The molecule has 0 aromatic heterocycles. The van der Waals surface area contributed by atoms with Crippen LogP contribution >= 0.6 is 0 Å². The Morgan fingerprint density at radius 1 is 1.43 bits per heavy atom. The average molecular weight is 312 g/mol. The smallest absolute Gasteiger partial charge is 0.309 e. The molecule has 1 aliphatic rings. The van der Waals surface area contributed by atoms with Crippen LogP contribution in [-0.2, 0) is 19.6 Å². The standard InChI is InChI=1S/C14H20N2O4S/c1-10-8-12(15)5-6-13(10)21(18,19)16-7-3-4-11(9-16)14(17)20-2/h5-6,8,11H,3-4,7,9,15H2,1-2H3. The van der Waals surface area contributed by atoms with Gasteiger partial charge < -0.3 is 10.5 Å². The number of nitrogen functional groups attached to an aromatic ring is 1. The molecule has 0 bridgehead atoms. The summed E-state index contributed by atoms with van der Waals surface area (Å²) in [5, 5.41) is 0. The first kappa shape index (κ1) is 15.8. The van der Waals surface area contributed by atoms with E-state index in [1.165, 1.54) is 17.5 Å². The van der Waals surface area contributed by atoms with E-state index in [4.69, 9.17) is 10.5 Å². The van der Waals surface area contributed by atoms with E-state index in [9.17, 15) is 13.2 Å². The second kappa shape index (κ2) is 6.03. The zero-order chi connectivity index (χ0) is 15.6. The van der Waals surface area contributed by atoms with Crippen LogP contribution in [0.1, 0.15) is 18.4 Å². The second-order valence-corrected chi connectivity index (χ2v) is 7.16. The molecule has 6 nitrogen and oxygen atoms in total. The minimum absolute atomic E-state index is 0.165. The fraction of sp³-hybridized carbons (Fsp3) is 0.500. The Labute approximate surface area is 124 Å². The number of anilines is 1. The number of benzene rings is 1. The number of nitrogens with zero attached hydrogens (tertiary/aromatic N) is 1. The Bertz CT molecular complexity index is 642. The Balaban J connectivity index is 2.28. The van der Waals surface area contributed by atoms with E-state index >= 15 is 0 Å². The highest BCUT2D eigenvalue weighted by atomic mass is 32.2. The van der Waals surface area contributed by atoms with Gasteiger partial charge in [-0.15, -0.1) is 0 Å². The molecule has 1 aromatic rings. The van der Waals surface area contributed by atoms with Crippen LogP contribution in [-0.4, -0.2) is 38.9 Å². The molecule has 21 heavy (non-hydrogen) atoms. The molecule has 0 saturated carbocycles. The second-order valence-electron chi connectivity index (χ2n) is 5.25. The maximum Gasteiger partial charge on any atom is 0.309 e. The molecule has 1 aromatic carbocycles. The van der Waals surface area contributed by atoms with Crippen molar-refractivity contribution in [3.05, 3.63) is 23.8 Å². The third-order valence-electron chi connectivity index (χ3n) is 3.74. The first-order chi connectivity index (χ1) is 9.86. The van der Waals surface area contributed by atoms with Crippen LogP contribution in [0, 0.1) is 12.8 Å². The summed E-state index contributed by atoms with van der Waals surface area (Å²) >= 11 is 0. The number of rotatable bonds is 3. The van der Waals surface area contributed by atoms with E-state index in [2.05, 4.69) is 0 Å². The Morgan fingerprint density at radius 2 is 2.14 bits per heavy atom. The minimum atomic E-state index is -3.61. The summed E-state index contributed by atoms with van der Waals surface area (Å²) in [5.41, 5.74) is 6.79. The summed E-state index contributed by atoms with van der Waals surface area (Å²) in [7, 11) is -2.29. The van der Waals surface area contributed by atoms with Gasteiger partial charge in [-0.25, -0.2) is 8.42 Å².